The molecule has 0 aliphatic heterocycles. The van der Waals surface area contributed by atoms with E-state index in [1.165, 1.54) is 6.20 Å². The van der Waals surface area contributed by atoms with Gasteiger partial charge in [-0.3, -0.25) is 9.78 Å². The van der Waals surface area contributed by atoms with E-state index in [0.29, 0.717) is 23.0 Å². The molecule has 0 spiro atoms. The van der Waals surface area contributed by atoms with Crippen molar-refractivity contribution in [2.75, 3.05) is 11.1 Å². The molecule has 0 aliphatic carbocycles. The van der Waals surface area contributed by atoms with Gasteiger partial charge < -0.3 is 15.8 Å². The average Bonchev–Trinajstić information content (AvgIpc) is 2.69. The minimum Gasteiger partial charge on any atom is -0.438 e. The molecule has 0 radical (unpaired) electrons. The minimum absolute atomic E-state index is 0.189. The maximum absolute atomic E-state index is 12.4. The molecule has 3 aromatic heterocycles. The molecule has 3 heterocycles. The fraction of sp³-hybridized carbons (Fsp3) is 0. The molecule has 7 nitrogen and oxygen atoms in total. The van der Waals surface area contributed by atoms with E-state index in [1.54, 1.807) is 48.9 Å². The van der Waals surface area contributed by atoms with Crippen molar-refractivity contribution in [3.8, 4) is 11.6 Å². The van der Waals surface area contributed by atoms with Crippen LogP contribution in [0.15, 0.2) is 73.3 Å². The van der Waals surface area contributed by atoms with Gasteiger partial charge in [0.05, 0.1) is 5.69 Å². The average molecular weight is 357 g/mol. The van der Waals surface area contributed by atoms with Crippen LogP contribution in [0.1, 0.15) is 10.5 Å². The van der Waals surface area contributed by atoms with Crippen molar-refractivity contribution in [3.63, 3.8) is 0 Å². The Morgan fingerprint density at radius 1 is 0.963 bits per heavy atom. The van der Waals surface area contributed by atoms with Gasteiger partial charge in [-0.05, 0) is 53.9 Å². The summed E-state index contributed by atoms with van der Waals surface area (Å²) in [4.78, 5) is 24.7. The maximum Gasteiger partial charge on any atom is 0.276 e. The Labute approximate surface area is 154 Å². The normalized spacial score (nSPS) is 10.5. The molecule has 4 rings (SSSR count). The van der Waals surface area contributed by atoms with Crippen LogP contribution in [0, 0.1) is 0 Å². The van der Waals surface area contributed by atoms with Gasteiger partial charge in [0.2, 0.25) is 5.88 Å². The van der Waals surface area contributed by atoms with Crippen LogP contribution in [0.4, 0.5) is 11.4 Å². The van der Waals surface area contributed by atoms with Crippen LogP contribution < -0.4 is 15.8 Å². The van der Waals surface area contributed by atoms with Crippen LogP contribution in [-0.4, -0.2) is 20.9 Å². The first kappa shape index (κ1) is 16.5. The number of ether oxygens (including phenoxy) is 1. The molecule has 4 aromatic rings. The van der Waals surface area contributed by atoms with Crippen molar-refractivity contribution in [3.05, 3.63) is 79.0 Å². The number of aromatic nitrogens is 3. The highest BCUT2D eigenvalue weighted by Gasteiger charge is 2.12. The quantitative estimate of drug-likeness (QED) is 0.578. The number of carbonyl (C=O) groups excluding carboxylic acids is 1. The number of nitrogen functional groups attached to an aromatic ring is 1. The van der Waals surface area contributed by atoms with E-state index in [1.807, 2.05) is 18.2 Å². The van der Waals surface area contributed by atoms with E-state index in [9.17, 15) is 4.79 Å². The molecule has 1 amide bonds. The summed E-state index contributed by atoms with van der Waals surface area (Å²) in [6.07, 6.45) is 6.48. The van der Waals surface area contributed by atoms with Crippen molar-refractivity contribution < 1.29 is 9.53 Å². The Balaban J connectivity index is 1.61. The highest BCUT2D eigenvalue weighted by Crippen LogP contribution is 2.29. The topological polar surface area (TPSA) is 103 Å². The number of nitrogens with one attached hydrogen (secondary N) is 1. The standard InChI is InChI=1S/C20H15N5O2/c21-17-2-1-8-23-18(17)19(26)25-14-3-4-16-13(12-14)5-11-24-20(16)27-15-6-9-22-10-7-15/h1-12H,21H2,(H,25,26). The molecule has 0 fully saturated rings. The lowest BCUT2D eigenvalue weighted by atomic mass is 10.1. The molecule has 7 heteroatoms. The first-order valence-electron chi connectivity index (χ1n) is 8.19. The first-order valence-corrected chi connectivity index (χ1v) is 8.19. The number of benzene rings is 1. The van der Waals surface area contributed by atoms with Crippen molar-refractivity contribution >= 4 is 28.1 Å². The Morgan fingerprint density at radius 3 is 2.63 bits per heavy atom. The van der Waals surface area contributed by atoms with Gasteiger partial charge in [-0.2, -0.15) is 0 Å². The predicted octanol–water partition coefficient (Wildman–Crippen LogP) is 3.65. The molecule has 132 valence electrons. The van der Waals surface area contributed by atoms with E-state index in [2.05, 4.69) is 20.3 Å². The molecule has 0 aliphatic rings. The van der Waals surface area contributed by atoms with Gasteiger partial charge in [0.25, 0.3) is 5.91 Å². The Morgan fingerprint density at radius 2 is 1.81 bits per heavy atom. The predicted molar refractivity (Wildman–Crippen MR) is 103 cm³/mol. The molecule has 0 atom stereocenters. The molecule has 0 saturated carbocycles. The van der Waals surface area contributed by atoms with Gasteiger partial charge in [-0.15, -0.1) is 0 Å². The van der Waals surface area contributed by atoms with Gasteiger partial charge >= 0.3 is 0 Å². The van der Waals surface area contributed by atoms with Crippen LogP contribution in [0.25, 0.3) is 10.8 Å². The summed E-state index contributed by atoms with van der Waals surface area (Å²) in [5.74, 6) is 0.758. The molecule has 0 saturated heterocycles. The van der Waals surface area contributed by atoms with E-state index >= 15 is 0 Å². The summed E-state index contributed by atoms with van der Waals surface area (Å²) in [6, 6.07) is 14.1. The van der Waals surface area contributed by atoms with Crippen molar-refractivity contribution in [2.24, 2.45) is 0 Å². The van der Waals surface area contributed by atoms with Crippen LogP contribution in [-0.2, 0) is 0 Å². The van der Waals surface area contributed by atoms with E-state index < -0.39 is 0 Å². The third kappa shape index (κ3) is 3.52. The molecule has 27 heavy (non-hydrogen) atoms. The smallest absolute Gasteiger partial charge is 0.276 e. The second-order valence-electron chi connectivity index (χ2n) is 5.73. The lowest BCUT2D eigenvalue weighted by Crippen LogP contribution is -2.15. The number of rotatable bonds is 4. The zero-order valence-corrected chi connectivity index (χ0v) is 14.2. The summed E-state index contributed by atoms with van der Waals surface area (Å²) in [5.41, 5.74) is 6.95. The van der Waals surface area contributed by atoms with Gasteiger partial charge in [-0.1, -0.05) is 0 Å². The second-order valence-corrected chi connectivity index (χ2v) is 5.73. The van der Waals surface area contributed by atoms with Crippen LogP contribution in [0.2, 0.25) is 0 Å². The number of nitrogens with zero attached hydrogens (tertiary/aromatic N) is 3. The SMILES string of the molecule is Nc1cccnc1C(=O)Nc1ccc2c(Oc3ccncc3)nccc2c1. The number of hydrogen-bond donors (Lipinski definition) is 2. The maximum atomic E-state index is 12.4. The number of fused-ring (bicyclic) bond motifs is 1. The largest absolute Gasteiger partial charge is 0.438 e. The molecule has 0 bridgehead atoms. The molecular weight excluding hydrogens is 342 g/mol. The highest BCUT2D eigenvalue weighted by atomic mass is 16.5. The number of amides is 1. The Kier molecular flexibility index (Phi) is 4.32. The van der Waals surface area contributed by atoms with Crippen LogP contribution >= 0.6 is 0 Å². The monoisotopic (exact) mass is 357 g/mol. The summed E-state index contributed by atoms with van der Waals surface area (Å²) in [7, 11) is 0. The molecule has 0 unspecified atom stereocenters. The number of hydrogen-bond acceptors (Lipinski definition) is 6. The summed E-state index contributed by atoms with van der Waals surface area (Å²) < 4.78 is 5.83. The number of anilines is 2. The van der Waals surface area contributed by atoms with Gasteiger partial charge in [0.1, 0.15) is 5.75 Å². The number of pyridine rings is 3. The van der Waals surface area contributed by atoms with E-state index in [-0.39, 0.29) is 11.6 Å². The summed E-state index contributed by atoms with van der Waals surface area (Å²) >= 11 is 0. The fourth-order valence-electron chi connectivity index (χ4n) is 2.62. The first-order chi connectivity index (χ1) is 13.2. The van der Waals surface area contributed by atoms with Crippen molar-refractivity contribution in [1.82, 2.24) is 15.0 Å². The van der Waals surface area contributed by atoms with Gasteiger partial charge in [-0.25, -0.2) is 9.97 Å². The Hall–Kier alpha value is -4.00. The molecule has 3 N–H and O–H groups in total. The zero-order chi connectivity index (χ0) is 18.6. The summed E-state index contributed by atoms with van der Waals surface area (Å²) in [6.45, 7) is 0. The van der Waals surface area contributed by atoms with Crippen molar-refractivity contribution in [2.45, 2.75) is 0 Å². The second kappa shape index (κ2) is 7.09. The zero-order valence-electron chi connectivity index (χ0n) is 14.2. The molecular formula is C20H15N5O2. The van der Waals surface area contributed by atoms with Gasteiger partial charge in [0, 0.05) is 35.9 Å². The highest BCUT2D eigenvalue weighted by molar-refractivity contribution is 6.07. The lowest BCUT2D eigenvalue weighted by molar-refractivity contribution is 0.102. The van der Waals surface area contributed by atoms with Crippen molar-refractivity contribution in [1.29, 1.82) is 0 Å². The van der Waals surface area contributed by atoms with E-state index in [0.717, 1.165) is 10.8 Å². The van der Waals surface area contributed by atoms with Crippen LogP contribution in [0.5, 0.6) is 11.6 Å². The number of nitrogens with two attached hydrogens (primary N) is 1. The van der Waals surface area contributed by atoms with E-state index in [4.69, 9.17) is 10.5 Å². The summed E-state index contributed by atoms with van der Waals surface area (Å²) in [5, 5.41) is 4.51. The Bertz CT molecular complexity index is 1120. The number of carbonyl (C=O) groups is 1. The fourth-order valence-corrected chi connectivity index (χ4v) is 2.62. The third-order valence-corrected chi connectivity index (χ3v) is 3.90. The lowest BCUT2D eigenvalue weighted by Gasteiger charge is -2.10. The minimum atomic E-state index is -0.366. The third-order valence-electron chi connectivity index (χ3n) is 3.90. The van der Waals surface area contributed by atoms with Gasteiger partial charge in [0.15, 0.2) is 5.69 Å². The molecule has 1 aromatic carbocycles. The van der Waals surface area contributed by atoms with Crippen LogP contribution in [0.3, 0.4) is 0 Å².